The summed E-state index contributed by atoms with van der Waals surface area (Å²) in [5, 5.41) is 6.41. The van der Waals surface area contributed by atoms with E-state index in [0.29, 0.717) is 18.9 Å². The summed E-state index contributed by atoms with van der Waals surface area (Å²) in [6.07, 6.45) is -1.56. The van der Waals surface area contributed by atoms with Gasteiger partial charge in [-0.3, -0.25) is 4.99 Å². The highest BCUT2D eigenvalue weighted by Crippen LogP contribution is 2.49. The molecule has 1 aliphatic rings. The van der Waals surface area contributed by atoms with E-state index in [9.17, 15) is 13.2 Å². The largest absolute Gasteiger partial charge is 0.411 e. The maximum atomic E-state index is 12.0. The van der Waals surface area contributed by atoms with Crippen LogP contribution in [0.3, 0.4) is 0 Å². The Balaban J connectivity index is 0.00000338. The third-order valence-corrected chi connectivity index (χ3v) is 4.83. The van der Waals surface area contributed by atoms with Gasteiger partial charge in [-0.05, 0) is 30.9 Å². The van der Waals surface area contributed by atoms with Gasteiger partial charge in [-0.1, -0.05) is 34.1 Å². The predicted octanol–water partition coefficient (Wildman–Crippen LogP) is 4.23. The van der Waals surface area contributed by atoms with Gasteiger partial charge in [0.2, 0.25) is 0 Å². The summed E-state index contributed by atoms with van der Waals surface area (Å²) >= 11 is 3.61. The number of guanidine groups is 1. The van der Waals surface area contributed by atoms with Gasteiger partial charge in [0, 0.05) is 36.6 Å². The van der Waals surface area contributed by atoms with E-state index in [2.05, 4.69) is 42.4 Å². The molecule has 0 aromatic heterocycles. The number of nitrogens with one attached hydrogen (secondary N) is 2. The first-order valence-corrected chi connectivity index (χ1v) is 9.00. The average molecular weight is 550 g/mol. The summed E-state index contributed by atoms with van der Waals surface area (Å²) in [4.78, 5) is 4.15. The van der Waals surface area contributed by atoms with Crippen molar-refractivity contribution < 1.29 is 17.9 Å². The van der Waals surface area contributed by atoms with Crippen molar-refractivity contribution in [3.63, 3.8) is 0 Å². The molecule has 1 aliphatic carbocycles. The Kier molecular flexibility index (Phi) is 9.67. The van der Waals surface area contributed by atoms with Crippen LogP contribution in [0, 0.1) is 0 Å². The highest BCUT2D eigenvalue weighted by atomic mass is 127. The normalized spacial score (nSPS) is 16.0. The lowest BCUT2D eigenvalue weighted by Gasteiger charge is -2.20. The van der Waals surface area contributed by atoms with Crippen molar-refractivity contribution in [2.45, 2.75) is 30.9 Å². The second-order valence-electron chi connectivity index (χ2n) is 6.13. The molecule has 1 saturated carbocycles. The van der Waals surface area contributed by atoms with E-state index in [1.165, 1.54) is 5.56 Å². The monoisotopic (exact) mass is 549 g/mol. The first-order chi connectivity index (χ1) is 11.9. The molecule has 0 unspecified atom stereocenters. The van der Waals surface area contributed by atoms with Gasteiger partial charge in [0.15, 0.2) is 5.96 Å². The number of rotatable bonds is 8. The second kappa shape index (κ2) is 10.7. The van der Waals surface area contributed by atoms with Crippen molar-refractivity contribution in [1.82, 2.24) is 10.6 Å². The summed E-state index contributed by atoms with van der Waals surface area (Å²) < 4.78 is 41.6. The Morgan fingerprint density at radius 1 is 1.27 bits per heavy atom. The molecule has 1 aromatic carbocycles. The van der Waals surface area contributed by atoms with Gasteiger partial charge in [0.05, 0.1) is 0 Å². The Hall–Kier alpha value is -0.550. The summed E-state index contributed by atoms with van der Waals surface area (Å²) in [7, 11) is 1.67. The maximum absolute atomic E-state index is 12.0. The number of alkyl halides is 3. The van der Waals surface area contributed by atoms with Crippen molar-refractivity contribution in [3.8, 4) is 0 Å². The smallest absolute Gasteiger partial charge is 0.372 e. The van der Waals surface area contributed by atoms with Crippen molar-refractivity contribution in [1.29, 1.82) is 0 Å². The molecule has 0 radical (unpaired) electrons. The fourth-order valence-electron chi connectivity index (χ4n) is 2.63. The lowest BCUT2D eigenvalue weighted by atomic mass is 9.96. The Morgan fingerprint density at radius 2 is 1.96 bits per heavy atom. The molecule has 148 valence electrons. The summed E-state index contributed by atoms with van der Waals surface area (Å²) in [6.45, 7) is 0.123. The zero-order chi connectivity index (χ0) is 18.3. The second-order valence-corrected chi connectivity index (χ2v) is 6.99. The minimum Gasteiger partial charge on any atom is -0.372 e. The Labute approximate surface area is 177 Å². The van der Waals surface area contributed by atoms with Crippen LogP contribution in [-0.2, 0) is 10.2 Å². The van der Waals surface area contributed by atoms with E-state index in [0.717, 1.165) is 23.9 Å². The molecule has 0 atom stereocenters. The first kappa shape index (κ1) is 23.5. The average Bonchev–Trinajstić information content (AvgIpc) is 3.34. The van der Waals surface area contributed by atoms with Crippen LogP contribution in [0.25, 0.3) is 0 Å². The maximum Gasteiger partial charge on any atom is 0.411 e. The van der Waals surface area contributed by atoms with Crippen LogP contribution in [0.15, 0.2) is 33.7 Å². The Bertz CT molecular complexity index is 595. The molecule has 0 spiro atoms. The van der Waals surface area contributed by atoms with Crippen LogP contribution >= 0.6 is 39.9 Å². The van der Waals surface area contributed by atoms with E-state index in [1.54, 1.807) is 7.05 Å². The van der Waals surface area contributed by atoms with Crippen LogP contribution in [-0.4, -0.2) is 45.5 Å². The SMILES string of the molecule is CN=C(NCCCOCC(F)(F)F)NCC1(c2ccccc2Br)CC1.I. The standard InChI is InChI=1S/C17H23BrF3N3O.HI/c1-22-15(23-9-4-10-25-12-17(19,20)21)24-11-16(7-8-16)13-5-2-3-6-14(13)18;/h2-3,5-6H,4,7-12H2,1H3,(H2,22,23,24);1H. The third-order valence-electron chi connectivity index (χ3n) is 4.14. The molecule has 0 amide bonds. The topological polar surface area (TPSA) is 45.7 Å². The van der Waals surface area contributed by atoms with Crippen molar-refractivity contribution in [3.05, 3.63) is 34.3 Å². The molecule has 2 N–H and O–H groups in total. The van der Waals surface area contributed by atoms with E-state index >= 15 is 0 Å². The van der Waals surface area contributed by atoms with Crippen LogP contribution in [0.5, 0.6) is 0 Å². The molecule has 0 aliphatic heterocycles. The molecule has 2 rings (SSSR count). The molecule has 0 heterocycles. The molecule has 1 aromatic rings. The van der Waals surface area contributed by atoms with Gasteiger partial charge in [-0.25, -0.2) is 0 Å². The van der Waals surface area contributed by atoms with Gasteiger partial charge in [0.25, 0.3) is 0 Å². The van der Waals surface area contributed by atoms with Crippen LogP contribution in [0.2, 0.25) is 0 Å². The number of hydrogen-bond donors (Lipinski definition) is 2. The van der Waals surface area contributed by atoms with E-state index in [-0.39, 0.29) is 36.0 Å². The molecule has 4 nitrogen and oxygen atoms in total. The number of aliphatic imine (C=N–C) groups is 1. The number of hydrogen-bond acceptors (Lipinski definition) is 2. The van der Waals surface area contributed by atoms with Gasteiger partial charge in [0.1, 0.15) is 6.61 Å². The fourth-order valence-corrected chi connectivity index (χ4v) is 3.33. The van der Waals surface area contributed by atoms with Gasteiger partial charge in [-0.2, -0.15) is 13.2 Å². The molecule has 26 heavy (non-hydrogen) atoms. The van der Waals surface area contributed by atoms with Gasteiger partial charge in [-0.15, -0.1) is 24.0 Å². The van der Waals surface area contributed by atoms with Crippen molar-refractivity contribution in [2.75, 3.05) is 33.4 Å². The quantitative estimate of drug-likeness (QED) is 0.221. The number of benzene rings is 1. The first-order valence-electron chi connectivity index (χ1n) is 8.20. The highest BCUT2D eigenvalue weighted by Gasteiger charge is 2.45. The lowest BCUT2D eigenvalue weighted by Crippen LogP contribution is -2.41. The van der Waals surface area contributed by atoms with E-state index in [1.807, 2.05) is 18.2 Å². The summed E-state index contributed by atoms with van der Waals surface area (Å²) in [6, 6.07) is 8.21. The van der Waals surface area contributed by atoms with Crippen LogP contribution in [0.4, 0.5) is 13.2 Å². The molecular formula is C17H24BrF3IN3O. The lowest BCUT2D eigenvalue weighted by molar-refractivity contribution is -0.173. The van der Waals surface area contributed by atoms with Crippen molar-refractivity contribution in [2.24, 2.45) is 4.99 Å². The van der Waals surface area contributed by atoms with Gasteiger partial charge >= 0.3 is 6.18 Å². The molecule has 0 saturated heterocycles. The zero-order valence-corrected chi connectivity index (χ0v) is 18.5. The van der Waals surface area contributed by atoms with E-state index < -0.39 is 12.8 Å². The zero-order valence-electron chi connectivity index (χ0n) is 14.5. The summed E-state index contributed by atoms with van der Waals surface area (Å²) in [5.41, 5.74) is 1.41. The van der Waals surface area contributed by atoms with Crippen LogP contribution in [0.1, 0.15) is 24.8 Å². The highest BCUT2D eigenvalue weighted by molar-refractivity contribution is 14.0. The minimum absolute atomic E-state index is 0. The fraction of sp³-hybridized carbons (Fsp3) is 0.588. The Morgan fingerprint density at radius 3 is 2.54 bits per heavy atom. The number of halogens is 5. The van der Waals surface area contributed by atoms with Crippen LogP contribution < -0.4 is 10.6 Å². The predicted molar refractivity (Wildman–Crippen MR) is 111 cm³/mol. The molecular weight excluding hydrogens is 526 g/mol. The minimum atomic E-state index is -4.27. The number of ether oxygens (including phenoxy) is 1. The van der Waals surface area contributed by atoms with E-state index in [4.69, 9.17) is 0 Å². The van der Waals surface area contributed by atoms with Crippen molar-refractivity contribution >= 4 is 45.9 Å². The van der Waals surface area contributed by atoms with Gasteiger partial charge < -0.3 is 15.4 Å². The summed E-state index contributed by atoms with van der Waals surface area (Å²) in [5.74, 6) is 0.647. The third kappa shape index (κ3) is 7.59. The molecule has 1 fully saturated rings. The number of nitrogens with zero attached hydrogens (tertiary/aromatic N) is 1. The molecule has 0 bridgehead atoms. The molecule has 9 heteroatoms.